The average molecular weight is 324 g/mol. The van der Waals surface area contributed by atoms with Crippen LogP contribution in [-0.2, 0) is 4.79 Å². The molecular weight excluding hydrogens is 304 g/mol. The third-order valence-corrected chi connectivity index (χ3v) is 4.12. The first-order chi connectivity index (χ1) is 11.6. The predicted octanol–water partition coefficient (Wildman–Crippen LogP) is 3.15. The highest BCUT2D eigenvalue weighted by atomic mass is 16.5. The van der Waals surface area contributed by atoms with Gasteiger partial charge in [-0.05, 0) is 41.5 Å². The number of H-pyrrole nitrogens is 1. The van der Waals surface area contributed by atoms with Crippen LogP contribution in [0.5, 0.6) is 11.5 Å². The molecule has 3 rings (SSSR count). The monoisotopic (exact) mass is 324 g/mol. The van der Waals surface area contributed by atoms with Crippen LogP contribution in [0.4, 0.5) is 0 Å². The fourth-order valence-corrected chi connectivity index (χ4v) is 2.93. The molecule has 0 aliphatic heterocycles. The summed E-state index contributed by atoms with van der Waals surface area (Å²) in [6.45, 7) is 1.95. The molecule has 0 aliphatic rings. The van der Waals surface area contributed by atoms with Crippen LogP contribution < -0.4 is 10.1 Å². The predicted molar refractivity (Wildman–Crippen MR) is 93.5 cm³/mol. The number of fused-ring (bicyclic) bond motifs is 1. The van der Waals surface area contributed by atoms with E-state index in [1.165, 1.54) is 6.92 Å². The number of benzene rings is 2. The van der Waals surface area contributed by atoms with Gasteiger partial charge in [0.25, 0.3) is 0 Å². The number of hydrogen-bond acceptors (Lipinski definition) is 3. The highest BCUT2D eigenvalue weighted by Gasteiger charge is 2.19. The largest absolute Gasteiger partial charge is 0.508 e. The Bertz CT molecular complexity index is 870. The molecule has 1 heterocycles. The second kappa shape index (κ2) is 6.66. The summed E-state index contributed by atoms with van der Waals surface area (Å²) in [6.07, 6.45) is 1.95. The Hall–Kier alpha value is -2.95. The number of rotatable bonds is 5. The van der Waals surface area contributed by atoms with Crippen molar-refractivity contribution in [1.29, 1.82) is 0 Å². The summed E-state index contributed by atoms with van der Waals surface area (Å²) in [7, 11) is 1.64. The molecule has 3 aromatic rings. The number of methoxy groups -OCH3 is 1. The molecule has 0 aliphatic carbocycles. The van der Waals surface area contributed by atoms with Crippen molar-refractivity contribution in [1.82, 2.24) is 10.3 Å². The van der Waals surface area contributed by atoms with Crippen molar-refractivity contribution >= 4 is 16.8 Å². The summed E-state index contributed by atoms with van der Waals surface area (Å²) in [5, 5.41) is 13.7. The van der Waals surface area contributed by atoms with Gasteiger partial charge in [0, 0.05) is 36.5 Å². The molecule has 124 valence electrons. The van der Waals surface area contributed by atoms with Gasteiger partial charge in [0.05, 0.1) is 7.11 Å². The van der Waals surface area contributed by atoms with Crippen molar-refractivity contribution in [2.24, 2.45) is 0 Å². The van der Waals surface area contributed by atoms with Gasteiger partial charge in [-0.25, -0.2) is 0 Å². The molecule has 0 radical (unpaired) electrons. The van der Waals surface area contributed by atoms with Crippen LogP contribution in [-0.4, -0.2) is 29.7 Å². The van der Waals surface area contributed by atoms with E-state index in [2.05, 4.69) is 10.3 Å². The Morgan fingerprint density at radius 1 is 1.29 bits per heavy atom. The first-order valence-electron chi connectivity index (χ1n) is 7.77. The Labute approximate surface area is 140 Å². The molecule has 3 N–H and O–H groups in total. The Kier molecular flexibility index (Phi) is 4.42. The quantitative estimate of drug-likeness (QED) is 0.675. The molecule has 0 spiro atoms. The smallest absolute Gasteiger partial charge is 0.216 e. The third kappa shape index (κ3) is 3.20. The number of aromatic hydroxyl groups is 1. The molecular formula is C19H20N2O3. The summed E-state index contributed by atoms with van der Waals surface area (Å²) < 4.78 is 5.33. The van der Waals surface area contributed by atoms with Crippen molar-refractivity contribution in [2.45, 2.75) is 12.8 Å². The van der Waals surface area contributed by atoms with E-state index in [0.29, 0.717) is 6.54 Å². The molecule has 0 fully saturated rings. The fourth-order valence-electron chi connectivity index (χ4n) is 2.93. The van der Waals surface area contributed by atoms with Crippen LogP contribution >= 0.6 is 0 Å². The van der Waals surface area contributed by atoms with Gasteiger partial charge in [0.15, 0.2) is 0 Å². The first-order valence-corrected chi connectivity index (χ1v) is 7.77. The number of carbonyl (C=O) groups excluding carboxylic acids is 1. The third-order valence-electron chi connectivity index (χ3n) is 4.12. The molecule has 0 saturated carbocycles. The molecule has 24 heavy (non-hydrogen) atoms. The lowest BCUT2D eigenvalue weighted by Gasteiger charge is -2.18. The highest BCUT2D eigenvalue weighted by Crippen LogP contribution is 2.33. The van der Waals surface area contributed by atoms with Crippen molar-refractivity contribution in [3.05, 3.63) is 59.8 Å². The van der Waals surface area contributed by atoms with Gasteiger partial charge in [0.1, 0.15) is 11.5 Å². The number of phenolic OH excluding ortho intramolecular Hbond substituents is 1. The van der Waals surface area contributed by atoms with Crippen LogP contribution in [0.15, 0.2) is 48.7 Å². The fraction of sp³-hybridized carbons (Fsp3) is 0.211. The summed E-state index contributed by atoms with van der Waals surface area (Å²) in [6, 6.07) is 13.0. The van der Waals surface area contributed by atoms with E-state index in [9.17, 15) is 9.90 Å². The lowest BCUT2D eigenvalue weighted by molar-refractivity contribution is -0.118. The van der Waals surface area contributed by atoms with Crippen LogP contribution in [0.3, 0.4) is 0 Å². The number of aromatic amines is 1. The molecule has 5 nitrogen and oxygen atoms in total. The van der Waals surface area contributed by atoms with Crippen molar-refractivity contribution in [3.63, 3.8) is 0 Å². The number of aromatic nitrogens is 1. The van der Waals surface area contributed by atoms with Gasteiger partial charge in [-0.1, -0.05) is 12.1 Å². The van der Waals surface area contributed by atoms with Crippen molar-refractivity contribution in [2.75, 3.05) is 13.7 Å². The molecule has 0 saturated heterocycles. The zero-order chi connectivity index (χ0) is 17.1. The summed E-state index contributed by atoms with van der Waals surface area (Å²) in [5.41, 5.74) is 2.98. The molecule has 2 aromatic carbocycles. The number of amides is 1. The van der Waals surface area contributed by atoms with Crippen LogP contribution in [0.2, 0.25) is 0 Å². The van der Waals surface area contributed by atoms with Gasteiger partial charge in [0.2, 0.25) is 5.91 Å². The molecule has 0 bridgehead atoms. The second-order valence-electron chi connectivity index (χ2n) is 5.74. The summed E-state index contributed by atoms with van der Waals surface area (Å²) in [4.78, 5) is 14.7. The number of ether oxygens (including phenoxy) is 1. The number of nitrogens with one attached hydrogen (secondary N) is 2. The van der Waals surface area contributed by atoms with Crippen LogP contribution in [0.25, 0.3) is 10.9 Å². The minimum Gasteiger partial charge on any atom is -0.508 e. The van der Waals surface area contributed by atoms with E-state index < -0.39 is 0 Å². The minimum absolute atomic E-state index is 0.0816. The van der Waals surface area contributed by atoms with Gasteiger partial charge in [-0.15, -0.1) is 0 Å². The number of carbonyl (C=O) groups is 1. The lowest BCUT2D eigenvalue weighted by Crippen LogP contribution is -2.26. The molecule has 1 atom stereocenters. The van der Waals surface area contributed by atoms with E-state index in [-0.39, 0.29) is 17.6 Å². The van der Waals surface area contributed by atoms with E-state index in [1.807, 2.05) is 30.5 Å². The zero-order valence-electron chi connectivity index (χ0n) is 13.7. The minimum atomic E-state index is -0.0856. The second-order valence-corrected chi connectivity index (χ2v) is 5.74. The van der Waals surface area contributed by atoms with Crippen LogP contribution in [0, 0.1) is 0 Å². The maximum Gasteiger partial charge on any atom is 0.216 e. The van der Waals surface area contributed by atoms with Crippen LogP contribution in [0.1, 0.15) is 24.0 Å². The SMILES string of the molecule is COc1ccc2[nH]cc(C(CNC(C)=O)c3cccc(O)c3)c2c1. The molecule has 5 heteroatoms. The first kappa shape index (κ1) is 15.9. The van der Waals surface area contributed by atoms with Gasteiger partial charge >= 0.3 is 0 Å². The number of phenols is 1. The Morgan fingerprint density at radius 2 is 2.12 bits per heavy atom. The molecule has 1 aromatic heterocycles. The summed E-state index contributed by atoms with van der Waals surface area (Å²) in [5.74, 6) is 0.815. The topological polar surface area (TPSA) is 74.3 Å². The Morgan fingerprint density at radius 3 is 2.83 bits per heavy atom. The maximum atomic E-state index is 11.4. The van der Waals surface area contributed by atoms with E-state index in [1.54, 1.807) is 25.3 Å². The normalized spacial score (nSPS) is 12.1. The summed E-state index contributed by atoms with van der Waals surface area (Å²) >= 11 is 0. The van der Waals surface area contributed by atoms with Gasteiger partial charge in [-0.3, -0.25) is 4.79 Å². The van der Waals surface area contributed by atoms with E-state index in [4.69, 9.17) is 4.74 Å². The highest BCUT2D eigenvalue weighted by molar-refractivity contribution is 5.86. The average Bonchev–Trinajstić information content (AvgIpc) is 2.98. The molecule has 1 amide bonds. The van der Waals surface area contributed by atoms with Crippen molar-refractivity contribution in [3.8, 4) is 11.5 Å². The van der Waals surface area contributed by atoms with Crippen molar-refractivity contribution < 1.29 is 14.6 Å². The van der Waals surface area contributed by atoms with Gasteiger partial charge in [-0.2, -0.15) is 0 Å². The van der Waals surface area contributed by atoms with E-state index >= 15 is 0 Å². The maximum absolute atomic E-state index is 11.4. The Balaban J connectivity index is 2.09. The van der Waals surface area contributed by atoms with Gasteiger partial charge < -0.3 is 20.1 Å². The molecule has 1 unspecified atom stereocenters. The lowest BCUT2D eigenvalue weighted by atomic mass is 9.90. The standard InChI is InChI=1S/C19H20N2O3/c1-12(22)20-10-17(13-4-3-5-14(23)8-13)18-11-21-19-7-6-15(24-2)9-16(18)19/h3-9,11,17,21,23H,10H2,1-2H3,(H,20,22). The van der Waals surface area contributed by atoms with E-state index in [0.717, 1.165) is 27.8 Å². The zero-order valence-corrected chi connectivity index (χ0v) is 13.7. The number of hydrogen-bond donors (Lipinski definition) is 3.